The largest absolute Gasteiger partial charge is 0.483 e. The Bertz CT molecular complexity index is 1270. The molecule has 0 aliphatic carbocycles. The van der Waals surface area contributed by atoms with Crippen molar-refractivity contribution >= 4 is 67.2 Å². The van der Waals surface area contributed by atoms with Crippen LogP contribution in [0.5, 0.6) is 11.5 Å². The van der Waals surface area contributed by atoms with Crippen LogP contribution in [0.3, 0.4) is 0 Å². The van der Waals surface area contributed by atoms with E-state index in [1.807, 2.05) is 0 Å². The number of hydrogen-bond acceptors (Lipinski definition) is 7. The highest BCUT2D eigenvalue weighted by Crippen LogP contribution is 2.28. The van der Waals surface area contributed by atoms with Crippen molar-refractivity contribution in [2.75, 3.05) is 6.61 Å². The molecule has 174 valence electrons. The van der Waals surface area contributed by atoms with Crippen molar-refractivity contribution in [1.82, 2.24) is 5.43 Å². The van der Waals surface area contributed by atoms with Gasteiger partial charge in [0.2, 0.25) is 0 Å². The zero-order chi connectivity index (χ0) is 24.7. The Morgan fingerprint density at radius 1 is 1.06 bits per heavy atom. The number of carbonyl (C=O) groups excluding carboxylic acids is 2. The van der Waals surface area contributed by atoms with Crippen LogP contribution in [0.15, 0.2) is 74.7 Å². The highest BCUT2D eigenvalue weighted by Gasteiger charge is 2.14. The maximum absolute atomic E-state index is 12.4. The van der Waals surface area contributed by atoms with Gasteiger partial charge in [0, 0.05) is 27.2 Å². The summed E-state index contributed by atoms with van der Waals surface area (Å²) in [6.45, 7) is -0.294. The predicted octanol–water partition coefficient (Wildman–Crippen LogP) is 5.52. The van der Waals surface area contributed by atoms with Crippen LogP contribution < -0.4 is 14.9 Å². The third kappa shape index (κ3) is 7.11. The Labute approximate surface area is 215 Å². The summed E-state index contributed by atoms with van der Waals surface area (Å²) >= 11 is 12.5. The quantitative estimate of drug-likeness (QED) is 0.118. The number of hydrazone groups is 1. The van der Waals surface area contributed by atoms with E-state index >= 15 is 0 Å². The highest BCUT2D eigenvalue weighted by atomic mass is 79.9. The van der Waals surface area contributed by atoms with Gasteiger partial charge in [0.25, 0.3) is 11.6 Å². The molecule has 0 aromatic heterocycles. The van der Waals surface area contributed by atoms with E-state index in [1.165, 1.54) is 36.5 Å². The summed E-state index contributed by atoms with van der Waals surface area (Å²) < 4.78 is 12.1. The first kappa shape index (κ1) is 25.3. The fourth-order valence-corrected chi connectivity index (χ4v) is 3.71. The number of halogens is 3. The summed E-state index contributed by atoms with van der Waals surface area (Å²) in [4.78, 5) is 34.7. The molecule has 0 fully saturated rings. The number of amides is 1. The summed E-state index contributed by atoms with van der Waals surface area (Å²) in [7, 11) is 0. The Morgan fingerprint density at radius 3 is 2.44 bits per heavy atom. The monoisotopic (exact) mass is 609 g/mol. The van der Waals surface area contributed by atoms with Crippen molar-refractivity contribution in [1.29, 1.82) is 0 Å². The maximum Gasteiger partial charge on any atom is 0.343 e. The molecule has 1 N–H and O–H groups in total. The third-order valence-corrected chi connectivity index (χ3v) is 5.48. The molecule has 1 amide bonds. The van der Waals surface area contributed by atoms with Crippen LogP contribution in [-0.4, -0.2) is 29.6 Å². The first-order chi connectivity index (χ1) is 16.2. The number of nitro groups is 1. The Hall–Kier alpha value is -3.28. The number of benzene rings is 3. The molecule has 0 aliphatic rings. The predicted molar refractivity (Wildman–Crippen MR) is 133 cm³/mol. The molecule has 9 nitrogen and oxygen atoms in total. The third-order valence-electron chi connectivity index (χ3n) is 4.13. The Kier molecular flexibility index (Phi) is 8.74. The summed E-state index contributed by atoms with van der Waals surface area (Å²) in [5.41, 5.74) is 2.71. The van der Waals surface area contributed by atoms with Gasteiger partial charge in [-0.2, -0.15) is 5.10 Å². The Balaban J connectivity index is 1.63. The standard InChI is InChI=1S/C22H14Br2ClN3O6/c23-15-3-7-19(34-22(30)13-1-5-17(6-2-13)28(31)32)14(9-15)11-26-27-21(29)12-33-20-8-4-16(25)10-18(20)24/h1-11H,12H2,(H,27,29)/b26-11-. The first-order valence-corrected chi connectivity index (χ1v) is 11.4. The van der Waals surface area contributed by atoms with E-state index in [9.17, 15) is 19.7 Å². The van der Waals surface area contributed by atoms with E-state index in [4.69, 9.17) is 21.1 Å². The lowest BCUT2D eigenvalue weighted by Crippen LogP contribution is -2.24. The number of carbonyl (C=O) groups is 2. The van der Waals surface area contributed by atoms with Gasteiger partial charge in [-0.3, -0.25) is 14.9 Å². The van der Waals surface area contributed by atoms with E-state index in [2.05, 4.69) is 42.4 Å². The van der Waals surface area contributed by atoms with Crippen molar-refractivity contribution in [2.45, 2.75) is 0 Å². The normalized spacial score (nSPS) is 10.7. The smallest absolute Gasteiger partial charge is 0.343 e. The van der Waals surface area contributed by atoms with Crippen LogP contribution in [0, 0.1) is 10.1 Å². The van der Waals surface area contributed by atoms with Crippen LogP contribution in [-0.2, 0) is 4.79 Å². The topological polar surface area (TPSA) is 120 Å². The molecular weight excluding hydrogens is 598 g/mol. The fraction of sp³-hybridized carbons (Fsp3) is 0.0455. The van der Waals surface area contributed by atoms with Gasteiger partial charge in [-0.25, -0.2) is 10.2 Å². The molecule has 0 radical (unpaired) electrons. The summed E-state index contributed by atoms with van der Waals surface area (Å²) in [6, 6.07) is 14.7. The first-order valence-electron chi connectivity index (χ1n) is 9.39. The van der Waals surface area contributed by atoms with Gasteiger partial charge in [0.05, 0.1) is 21.2 Å². The molecule has 3 aromatic rings. The molecular formula is C22H14Br2ClN3O6. The van der Waals surface area contributed by atoms with E-state index in [0.717, 1.165) is 0 Å². The van der Waals surface area contributed by atoms with Gasteiger partial charge < -0.3 is 9.47 Å². The number of esters is 1. The summed E-state index contributed by atoms with van der Waals surface area (Å²) in [5, 5.41) is 15.2. The number of non-ortho nitro benzene ring substituents is 1. The van der Waals surface area contributed by atoms with E-state index in [0.29, 0.717) is 25.3 Å². The lowest BCUT2D eigenvalue weighted by Gasteiger charge is -2.09. The second-order valence-electron chi connectivity index (χ2n) is 6.53. The molecule has 3 aromatic carbocycles. The van der Waals surface area contributed by atoms with Crippen molar-refractivity contribution in [3.63, 3.8) is 0 Å². The molecule has 0 saturated heterocycles. The van der Waals surface area contributed by atoms with Crippen molar-refractivity contribution in [3.05, 3.63) is 95.9 Å². The minimum Gasteiger partial charge on any atom is -0.483 e. The number of nitrogens with zero attached hydrogens (tertiary/aromatic N) is 2. The molecule has 0 heterocycles. The van der Waals surface area contributed by atoms with Gasteiger partial charge in [-0.15, -0.1) is 0 Å². The highest BCUT2D eigenvalue weighted by molar-refractivity contribution is 9.10. The second-order valence-corrected chi connectivity index (χ2v) is 8.74. The van der Waals surface area contributed by atoms with Crippen LogP contribution in [0.25, 0.3) is 0 Å². The Morgan fingerprint density at radius 2 is 1.76 bits per heavy atom. The molecule has 0 bridgehead atoms. The minimum absolute atomic E-state index is 0.134. The average Bonchev–Trinajstić information content (AvgIpc) is 2.80. The molecule has 34 heavy (non-hydrogen) atoms. The van der Waals surface area contributed by atoms with Crippen molar-refractivity contribution < 1.29 is 24.0 Å². The molecule has 12 heteroatoms. The lowest BCUT2D eigenvalue weighted by atomic mass is 10.2. The van der Waals surface area contributed by atoms with Crippen LogP contribution in [0.1, 0.15) is 15.9 Å². The summed E-state index contributed by atoms with van der Waals surface area (Å²) in [5.74, 6) is -0.614. The number of hydrogen-bond donors (Lipinski definition) is 1. The molecule has 0 unspecified atom stereocenters. The zero-order valence-electron chi connectivity index (χ0n) is 17.0. The van der Waals surface area contributed by atoms with Gasteiger partial charge in [0.15, 0.2) is 6.61 Å². The van der Waals surface area contributed by atoms with Crippen LogP contribution >= 0.6 is 43.5 Å². The number of nitro benzene ring substituents is 1. The maximum atomic E-state index is 12.4. The molecule has 0 atom stereocenters. The summed E-state index contributed by atoms with van der Waals surface area (Å²) in [6.07, 6.45) is 1.30. The van der Waals surface area contributed by atoms with Gasteiger partial charge in [-0.1, -0.05) is 27.5 Å². The van der Waals surface area contributed by atoms with E-state index in [1.54, 1.807) is 30.3 Å². The van der Waals surface area contributed by atoms with Crippen LogP contribution in [0.2, 0.25) is 5.02 Å². The fourth-order valence-electron chi connectivity index (χ4n) is 2.53. The molecule has 0 aliphatic heterocycles. The average molecular weight is 612 g/mol. The number of nitrogens with one attached hydrogen (secondary N) is 1. The van der Waals surface area contributed by atoms with Gasteiger partial charge >= 0.3 is 5.97 Å². The number of rotatable bonds is 8. The van der Waals surface area contributed by atoms with Gasteiger partial charge in [0.1, 0.15) is 11.5 Å². The molecule has 3 rings (SSSR count). The minimum atomic E-state index is -0.710. The van der Waals surface area contributed by atoms with Gasteiger partial charge in [-0.05, 0) is 64.5 Å². The van der Waals surface area contributed by atoms with E-state index < -0.39 is 16.8 Å². The molecule has 0 saturated carbocycles. The molecule has 0 spiro atoms. The lowest BCUT2D eigenvalue weighted by molar-refractivity contribution is -0.384. The zero-order valence-corrected chi connectivity index (χ0v) is 21.0. The van der Waals surface area contributed by atoms with Crippen molar-refractivity contribution in [2.24, 2.45) is 5.10 Å². The SMILES string of the molecule is O=C(COc1ccc(Cl)cc1Br)N/N=C\c1cc(Br)ccc1OC(=O)c1ccc([N+](=O)[O-])cc1. The van der Waals surface area contributed by atoms with Crippen molar-refractivity contribution in [3.8, 4) is 11.5 Å². The van der Waals surface area contributed by atoms with E-state index in [-0.39, 0.29) is 23.6 Å². The second kappa shape index (κ2) is 11.7. The number of ether oxygens (including phenoxy) is 2. The van der Waals surface area contributed by atoms with Crippen LogP contribution in [0.4, 0.5) is 5.69 Å².